The molecule has 0 heterocycles. The normalized spacial score (nSPS) is 12.6. The number of benzene rings is 1. The van der Waals surface area contributed by atoms with Gasteiger partial charge in [0.05, 0.1) is 11.4 Å². The van der Waals surface area contributed by atoms with Gasteiger partial charge in [0.25, 0.3) is 5.91 Å². The topological polar surface area (TPSA) is 61.6 Å². The van der Waals surface area contributed by atoms with Crippen LogP contribution in [0.15, 0.2) is 18.2 Å². The first-order chi connectivity index (χ1) is 9.72. The Kier molecular flexibility index (Phi) is 6.03. The fourth-order valence-corrected chi connectivity index (χ4v) is 2.10. The minimum absolute atomic E-state index is 0.0399. The average Bonchev–Trinajstić information content (AvgIpc) is 2.38. The average molecular weight is 292 g/mol. The quantitative estimate of drug-likeness (QED) is 0.787. The maximum Gasteiger partial charge on any atom is 0.253 e. The van der Waals surface area contributed by atoms with Crippen molar-refractivity contribution in [3.63, 3.8) is 0 Å². The van der Waals surface area contributed by atoms with Crippen molar-refractivity contribution in [3.05, 3.63) is 23.8 Å². The first kappa shape index (κ1) is 17.3. The lowest BCUT2D eigenvalue weighted by Gasteiger charge is -2.27. The Labute approximate surface area is 128 Å². The Morgan fingerprint density at radius 3 is 2.29 bits per heavy atom. The van der Waals surface area contributed by atoms with Gasteiger partial charge < -0.3 is 20.9 Å². The summed E-state index contributed by atoms with van der Waals surface area (Å²) in [6, 6.07) is 5.74. The Balaban J connectivity index is 2.91. The number of rotatable bonds is 6. The van der Waals surface area contributed by atoms with Crippen molar-refractivity contribution < 1.29 is 4.79 Å². The van der Waals surface area contributed by atoms with Crippen LogP contribution in [0.4, 0.5) is 11.4 Å². The second kappa shape index (κ2) is 7.31. The molecule has 1 unspecified atom stereocenters. The van der Waals surface area contributed by atoms with Crippen LogP contribution in [0.5, 0.6) is 0 Å². The van der Waals surface area contributed by atoms with Gasteiger partial charge in [-0.1, -0.05) is 13.8 Å². The summed E-state index contributed by atoms with van der Waals surface area (Å²) < 4.78 is 0. The summed E-state index contributed by atoms with van der Waals surface area (Å²) in [6.45, 7) is 5.29. The highest BCUT2D eigenvalue weighted by atomic mass is 16.2. The van der Waals surface area contributed by atoms with E-state index in [4.69, 9.17) is 5.73 Å². The van der Waals surface area contributed by atoms with E-state index in [-0.39, 0.29) is 5.91 Å². The van der Waals surface area contributed by atoms with Crippen LogP contribution in [0.1, 0.15) is 24.2 Å². The van der Waals surface area contributed by atoms with Gasteiger partial charge in [-0.25, -0.2) is 0 Å². The standard InChI is InChI=1S/C16H28N4O/c1-11(2)15(10-19(3)4)18-14-8-7-12(9-13(14)17)16(21)20(5)6/h7-9,11,15,18H,10,17H2,1-6H3. The van der Waals surface area contributed by atoms with Crippen LogP contribution in [0, 0.1) is 5.92 Å². The summed E-state index contributed by atoms with van der Waals surface area (Å²) in [6.07, 6.45) is 0. The Bertz CT molecular complexity index is 483. The van der Waals surface area contributed by atoms with E-state index >= 15 is 0 Å². The molecule has 1 aromatic rings. The molecule has 0 radical (unpaired) electrons. The van der Waals surface area contributed by atoms with Crippen molar-refractivity contribution in [2.45, 2.75) is 19.9 Å². The van der Waals surface area contributed by atoms with Crippen LogP contribution in [-0.4, -0.2) is 56.5 Å². The molecule has 0 bridgehead atoms. The van der Waals surface area contributed by atoms with Crippen LogP contribution in [0.2, 0.25) is 0 Å². The molecular weight excluding hydrogens is 264 g/mol. The molecule has 5 heteroatoms. The smallest absolute Gasteiger partial charge is 0.253 e. The highest BCUT2D eigenvalue weighted by Crippen LogP contribution is 2.23. The van der Waals surface area contributed by atoms with Gasteiger partial charge in [-0.15, -0.1) is 0 Å². The molecule has 1 aromatic carbocycles. The largest absolute Gasteiger partial charge is 0.397 e. The number of likely N-dealkylation sites (N-methyl/N-ethyl adjacent to an activating group) is 1. The molecule has 0 aromatic heterocycles. The molecule has 0 aliphatic rings. The van der Waals surface area contributed by atoms with E-state index in [0.717, 1.165) is 12.2 Å². The van der Waals surface area contributed by atoms with E-state index in [9.17, 15) is 4.79 Å². The summed E-state index contributed by atoms with van der Waals surface area (Å²) in [5.74, 6) is 0.442. The molecule has 118 valence electrons. The SMILES string of the molecule is CC(C)C(CN(C)C)Nc1ccc(C(=O)N(C)C)cc1N. The zero-order chi connectivity index (χ0) is 16.2. The number of hydrogen-bond acceptors (Lipinski definition) is 4. The van der Waals surface area contributed by atoms with Crippen molar-refractivity contribution in [1.82, 2.24) is 9.80 Å². The van der Waals surface area contributed by atoms with Crippen molar-refractivity contribution in [2.24, 2.45) is 5.92 Å². The van der Waals surface area contributed by atoms with Crippen molar-refractivity contribution in [2.75, 3.05) is 45.8 Å². The molecule has 1 amide bonds. The van der Waals surface area contributed by atoms with E-state index in [2.05, 4.69) is 38.2 Å². The second-order valence-electron chi connectivity index (χ2n) is 6.26. The monoisotopic (exact) mass is 292 g/mol. The maximum absolute atomic E-state index is 11.9. The molecule has 0 fully saturated rings. The molecule has 5 nitrogen and oxygen atoms in total. The summed E-state index contributed by atoms with van der Waals surface area (Å²) in [4.78, 5) is 15.6. The molecule has 0 saturated carbocycles. The fourth-order valence-electron chi connectivity index (χ4n) is 2.10. The summed E-state index contributed by atoms with van der Waals surface area (Å²) in [7, 11) is 7.58. The van der Waals surface area contributed by atoms with E-state index in [1.54, 1.807) is 25.1 Å². The summed E-state index contributed by atoms with van der Waals surface area (Å²) >= 11 is 0. The van der Waals surface area contributed by atoms with Crippen LogP contribution >= 0.6 is 0 Å². The molecule has 3 N–H and O–H groups in total. The predicted molar refractivity (Wildman–Crippen MR) is 89.7 cm³/mol. The van der Waals surface area contributed by atoms with Gasteiger partial charge in [-0.3, -0.25) is 4.79 Å². The number of nitrogen functional groups attached to an aromatic ring is 1. The van der Waals surface area contributed by atoms with Crippen LogP contribution in [0.3, 0.4) is 0 Å². The highest BCUT2D eigenvalue weighted by Gasteiger charge is 2.16. The van der Waals surface area contributed by atoms with Gasteiger partial charge in [-0.05, 0) is 38.2 Å². The number of carbonyl (C=O) groups excluding carboxylic acids is 1. The van der Waals surface area contributed by atoms with Crippen molar-refractivity contribution >= 4 is 17.3 Å². The van der Waals surface area contributed by atoms with Gasteiger partial charge in [-0.2, -0.15) is 0 Å². The van der Waals surface area contributed by atoms with Gasteiger partial charge in [0, 0.05) is 32.2 Å². The zero-order valence-corrected chi connectivity index (χ0v) is 14.0. The van der Waals surface area contributed by atoms with Crippen molar-refractivity contribution in [1.29, 1.82) is 0 Å². The first-order valence-electron chi connectivity index (χ1n) is 7.24. The molecule has 0 saturated heterocycles. The molecule has 1 atom stereocenters. The molecule has 0 aliphatic carbocycles. The van der Waals surface area contributed by atoms with E-state index in [1.165, 1.54) is 0 Å². The third-order valence-corrected chi connectivity index (χ3v) is 3.41. The minimum atomic E-state index is -0.0399. The van der Waals surface area contributed by atoms with Gasteiger partial charge >= 0.3 is 0 Å². The number of anilines is 2. The fraction of sp³-hybridized carbons (Fsp3) is 0.562. The highest BCUT2D eigenvalue weighted by molar-refractivity contribution is 5.95. The number of amides is 1. The van der Waals surface area contributed by atoms with Crippen LogP contribution in [0.25, 0.3) is 0 Å². The van der Waals surface area contributed by atoms with E-state index in [0.29, 0.717) is 23.2 Å². The Morgan fingerprint density at radius 2 is 1.86 bits per heavy atom. The first-order valence-corrected chi connectivity index (χ1v) is 7.24. The third-order valence-electron chi connectivity index (χ3n) is 3.41. The lowest BCUT2D eigenvalue weighted by molar-refractivity contribution is 0.0827. The van der Waals surface area contributed by atoms with Gasteiger partial charge in [0.1, 0.15) is 0 Å². The predicted octanol–water partition coefficient (Wildman–Crippen LogP) is 1.97. The van der Waals surface area contributed by atoms with E-state index in [1.807, 2.05) is 12.1 Å². The van der Waals surface area contributed by atoms with Crippen LogP contribution in [-0.2, 0) is 0 Å². The molecule has 21 heavy (non-hydrogen) atoms. The van der Waals surface area contributed by atoms with Gasteiger partial charge in [0.2, 0.25) is 0 Å². The lowest BCUT2D eigenvalue weighted by Crippen LogP contribution is -2.36. The number of nitrogens with one attached hydrogen (secondary N) is 1. The zero-order valence-electron chi connectivity index (χ0n) is 14.0. The van der Waals surface area contributed by atoms with Crippen molar-refractivity contribution in [3.8, 4) is 0 Å². The Morgan fingerprint density at radius 1 is 1.24 bits per heavy atom. The lowest BCUT2D eigenvalue weighted by atomic mass is 10.0. The third kappa shape index (κ3) is 4.93. The molecular formula is C16H28N4O. The number of carbonyl (C=O) groups is 1. The molecule has 0 spiro atoms. The maximum atomic E-state index is 11.9. The number of nitrogens with two attached hydrogens (primary N) is 1. The molecule has 0 aliphatic heterocycles. The Hall–Kier alpha value is -1.75. The summed E-state index contributed by atoms with van der Waals surface area (Å²) in [5, 5.41) is 3.48. The van der Waals surface area contributed by atoms with E-state index < -0.39 is 0 Å². The summed E-state index contributed by atoms with van der Waals surface area (Å²) in [5.41, 5.74) is 8.18. The van der Waals surface area contributed by atoms with Gasteiger partial charge in [0.15, 0.2) is 0 Å². The minimum Gasteiger partial charge on any atom is -0.397 e. The number of hydrogen-bond donors (Lipinski definition) is 2. The van der Waals surface area contributed by atoms with Crippen LogP contribution < -0.4 is 11.1 Å². The number of nitrogens with zero attached hydrogens (tertiary/aromatic N) is 2. The molecule has 1 rings (SSSR count). The second-order valence-corrected chi connectivity index (χ2v) is 6.26.